The third-order valence-corrected chi connectivity index (χ3v) is 5.18. The molecule has 0 saturated heterocycles. The molecule has 0 aliphatic carbocycles. The standard InChI is InChI=1S/C10H22O3Si/c1-9(2)7-13-10(3)8-14(6,11-4)12-5/h10H,1,7-8H2,2-6H3. The van der Waals surface area contributed by atoms with Gasteiger partial charge in [-0.25, -0.2) is 0 Å². The van der Waals surface area contributed by atoms with E-state index in [1.165, 1.54) is 0 Å². The van der Waals surface area contributed by atoms with E-state index >= 15 is 0 Å². The third-order valence-electron chi connectivity index (χ3n) is 2.14. The maximum absolute atomic E-state index is 5.58. The molecule has 1 unspecified atom stereocenters. The average molecular weight is 218 g/mol. The fourth-order valence-electron chi connectivity index (χ4n) is 1.12. The first kappa shape index (κ1) is 13.8. The van der Waals surface area contributed by atoms with E-state index in [4.69, 9.17) is 13.6 Å². The quantitative estimate of drug-likeness (QED) is 0.485. The van der Waals surface area contributed by atoms with Crippen LogP contribution in [0.15, 0.2) is 12.2 Å². The molecule has 0 aromatic heterocycles. The summed E-state index contributed by atoms with van der Waals surface area (Å²) in [7, 11) is 1.40. The maximum Gasteiger partial charge on any atom is 0.337 e. The second kappa shape index (κ2) is 6.34. The zero-order chi connectivity index (χ0) is 11.2. The Morgan fingerprint density at radius 1 is 1.36 bits per heavy atom. The number of ether oxygens (including phenoxy) is 1. The molecule has 0 aromatic rings. The van der Waals surface area contributed by atoms with Gasteiger partial charge in [0.1, 0.15) is 0 Å². The minimum atomic E-state index is -1.99. The van der Waals surface area contributed by atoms with E-state index in [2.05, 4.69) is 6.58 Å². The van der Waals surface area contributed by atoms with E-state index in [0.29, 0.717) is 6.61 Å². The van der Waals surface area contributed by atoms with Gasteiger partial charge < -0.3 is 13.6 Å². The van der Waals surface area contributed by atoms with Crippen molar-refractivity contribution in [3.8, 4) is 0 Å². The Labute approximate surface area is 88.3 Å². The van der Waals surface area contributed by atoms with Gasteiger partial charge in [0.25, 0.3) is 0 Å². The zero-order valence-corrected chi connectivity index (χ0v) is 10.9. The lowest BCUT2D eigenvalue weighted by atomic mass is 10.4. The largest absolute Gasteiger partial charge is 0.398 e. The van der Waals surface area contributed by atoms with Crippen LogP contribution in [0, 0.1) is 0 Å². The smallest absolute Gasteiger partial charge is 0.337 e. The van der Waals surface area contributed by atoms with Crippen molar-refractivity contribution in [2.24, 2.45) is 0 Å². The first-order valence-corrected chi connectivity index (χ1v) is 7.32. The van der Waals surface area contributed by atoms with E-state index in [1.54, 1.807) is 14.2 Å². The minimum Gasteiger partial charge on any atom is -0.398 e. The molecule has 0 rings (SSSR count). The molecule has 0 aromatic carbocycles. The van der Waals surface area contributed by atoms with Gasteiger partial charge in [0.15, 0.2) is 0 Å². The molecule has 0 amide bonds. The van der Waals surface area contributed by atoms with Crippen LogP contribution in [0.4, 0.5) is 0 Å². The predicted molar refractivity (Wildman–Crippen MR) is 60.7 cm³/mol. The summed E-state index contributed by atoms with van der Waals surface area (Å²) in [4.78, 5) is 0. The number of hydrogen-bond donors (Lipinski definition) is 0. The fourth-order valence-corrected chi connectivity index (χ4v) is 2.78. The summed E-state index contributed by atoms with van der Waals surface area (Å²) in [6.45, 7) is 10.4. The van der Waals surface area contributed by atoms with Crippen LogP contribution in [0.5, 0.6) is 0 Å². The highest BCUT2D eigenvalue weighted by Crippen LogP contribution is 2.16. The molecule has 0 aliphatic heterocycles. The van der Waals surface area contributed by atoms with Crippen LogP contribution in [0.1, 0.15) is 13.8 Å². The van der Waals surface area contributed by atoms with Crippen LogP contribution in [0.25, 0.3) is 0 Å². The summed E-state index contributed by atoms with van der Waals surface area (Å²) < 4.78 is 16.3. The second-order valence-corrected chi connectivity index (χ2v) is 7.32. The lowest BCUT2D eigenvalue weighted by Crippen LogP contribution is -2.39. The molecule has 1 atom stereocenters. The molecule has 0 fully saturated rings. The van der Waals surface area contributed by atoms with Crippen molar-refractivity contribution in [1.29, 1.82) is 0 Å². The van der Waals surface area contributed by atoms with Crippen molar-refractivity contribution < 1.29 is 13.6 Å². The van der Waals surface area contributed by atoms with Crippen LogP contribution in [0.3, 0.4) is 0 Å². The van der Waals surface area contributed by atoms with Crippen molar-refractivity contribution in [2.45, 2.75) is 32.5 Å². The molecule has 0 bridgehead atoms. The Hall–Kier alpha value is -0.163. The van der Waals surface area contributed by atoms with E-state index in [9.17, 15) is 0 Å². The third kappa shape index (κ3) is 5.54. The van der Waals surface area contributed by atoms with Gasteiger partial charge in [-0.3, -0.25) is 0 Å². The van der Waals surface area contributed by atoms with Gasteiger partial charge in [0.2, 0.25) is 0 Å². The van der Waals surface area contributed by atoms with Crippen LogP contribution >= 0.6 is 0 Å². The van der Waals surface area contributed by atoms with Crippen LogP contribution in [0.2, 0.25) is 12.6 Å². The van der Waals surface area contributed by atoms with Gasteiger partial charge in [0.05, 0.1) is 12.7 Å². The lowest BCUT2D eigenvalue weighted by Gasteiger charge is -2.26. The molecule has 0 N–H and O–H groups in total. The highest BCUT2D eigenvalue weighted by Gasteiger charge is 2.31. The highest BCUT2D eigenvalue weighted by molar-refractivity contribution is 6.66. The average Bonchev–Trinajstić information content (AvgIpc) is 2.14. The molecule has 0 saturated carbocycles. The van der Waals surface area contributed by atoms with Gasteiger partial charge in [-0.2, -0.15) is 0 Å². The van der Waals surface area contributed by atoms with Crippen molar-refractivity contribution >= 4 is 8.56 Å². The molecule has 0 radical (unpaired) electrons. The van der Waals surface area contributed by atoms with E-state index in [-0.39, 0.29) is 6.10 Å². The Balaban J connectivity index is 3.90. The highest BCUT2D eigenvalue weighted by atomic mass is 28.4. The SMILES string of the molecule is C=C(C)COC(C)C[Si](C)(OC)OC. The van der Waals surface area contributed by atoms with Crippen molar-refractivity contribution in [2.75, 3.05) is 20.8 Å². The topological polar surface area (TPSA) is 27.7 Å². The molecule has 3 nitrogen and oxygen atoms in total. The summed E-state index contributed by atoms with van der Waals surface area (Å²) in [5.74, 6) is 0. The van der Waals surface area contributed by atoms with Crippen LogP contribution in [-0.2, 0) is 13.6 Å². The molecular formula is C10H22O3Si. The van der Waals surface area contributed by atoms with Gasteiger partial charge in [0, 0.05) is 20.3 Å². The van der Waals surface area contributed by atoms with Gasteiger partial charge >= 0.3 is 8.56 Å². The predicted octanol–water partition coefficient (Wildman–Crippen LogP) is 2.33. The molecule has 0 heterocycles. The first-order chi connectivity index (χ1) is 6.43. The molecule has 0 aliphatic rings. The van der Waals surface area contributed by atoms with E-state index in [0.717, 1.165) is 11.6 Å². The molecule has 84 valence electrons. The fraction of sp³-hybridized carbons (Fsp3) is 0.800. The second-order valence-electron chi connectivity index (χ2n) is 3.82. The van der Waals surface area contributed by atoms with E-state index < -0.39 is 8.56 Å². The number of hydrogen-bond acceptors (Lipinski definition) is 3. The summed E-state index contributed by atoms with van der Waals surface area (Å²) >= 11 is 0. The summed E-state index contributed by atoms with van der Waals surface area (Å²) in [6.07, 6.45) is 0.156. The first-order valence-electron chi connectivity index (χ1n) is 4.80. The van der Waals surface area contributed by atoms with Crippen molar-refractivity contribution in [3.05, 3.63) is 12.2 Å². The van der Waals surface area contributed by atoms with E-state index in [1.807, 2.05) is 20.4 Å². The maximum atomic E-state index is 5.58. The van der Waals surface area contributed by atoms with Gasteiger partial charge in [-0.15, -0.1) is 0 Å². The lowest BCUT2D eigenvalue weighted by molar-refractivity contribution is 0.0868. The Kier molecular flexibility index (Phi) is 6.27. The summed E-state index contributed by atoms with van der Waals surface area (Å²) in [6, 6.07) is 0.841. The zero-order valence-electron chi connectivity index (χ0n) is 9.92. The molecular weight excluding hydrogens is 196 g/mol. The number of rotatable bonds is 7. The Morgan fingerprint density at radius 3 is 2.21 bits per heavy atom. The van der Waals surface area contributed by atoms with Gasteiger partial charge in [-0.05, 0) is 20.4 Å². The minimum absolute atomic E-state index is 0.156. The monoisotopic (exact) mass is 218 g/mol. The Morgan fingerprint density at radius 2 is 1.86 bits per heavy atom. The molecule has 4 heteroatoms. The van der Waals surface area contributed by atoms with Crippen molar-refractivity contribution in [1.82, 2.24) is 0 Å². The molecule has 14 heavy (non-hydrogen) atoms. The van der Waals surface area contributed by atoms with Crippen molar-refractivity contribution in [3.63, 3.8) is 0 Å². The Bertz CT molecular complexity index is 178. The van der Waals surface area contributed by atoms with Crippen LogP contribution < -0.4 is 0 Å². The normalized spacial score (nSPS) is 14.1. The van der Waals surface area contributed by atoms with Crippen LogP contribution in [-0.4, -0.2) is 35.5 Å². The summed E-state index contributed by atoms with van der Waals surface area (Å²) in [5.41, 5.74) is 1.04. The van der Waals surface area contributed by atoms with Gasteiger partial charge in [-0.1, -0.05) is 12.2 Å². The summed E-state index contributed by atoms with van der Waals surface area (Å²) in [5, 5.41) is 0. The molecule has 0 spiro atoms.